The van der Waals surface area contributed by atoms with E-state index >= 15 is 0 Å². The van der Waals surface area contributed by atoms with E-state index in [0.717, 1.165) is 24.0 Å². The number of rotatable bonds is 4. The third kappa shape index (κ3) is 3.04. The highest BCUT2D eigenvalue weighted by Gasteiger charge is 2.35. The predicted octanol–water partition coefficient (Wildman–Crippen LogP) is 3.30. The Morgan fingerprint density at radius 1 is 1.36 bits per heavy atom. The van der Waals surface area contributed by atoms with Crippen molar-refractivity contribution in [3.8, 4) is 0 Å². The molecule has 7 heteroatoms. The molecule has 0 bridgehead atoms. The van der Waals surface area contributed by atoms with Crippen molar-refractivity contribution in [1.82, 2.24) is 9.46 Å². The Balaban J connectivity index is 1.85. The van der Waals surface area contributed by atoms with Crippen LogP contribution in [0.1, 0.15) is 35.7 Å². The second kappa shape index (κ2) is 6.02. The van der Waals surface area contributed by atoms with Crippen LogP contribution in [0.15, 0.2) is 35.1 Å². The van der Waals surface area contributed by atoms with E-state index < -0.39 is 10.0 Å². The van der Waals surface area contributed by atoms with Crippen LogP contribution in [0.2, 0.25) is 5.02 Å². The molecular formula is C15H17ClN2O3S. The third-order valence-electron chi connectivity index (χ3n) is 3.98. The van der Waals surface area contributed by atoms with Gasteiger partial charge in [0.1, 0.15) is 17.7 Å². The van der Waals surface area contributed by atoms with Crippen LogP contribution in [-0.2, 0) is 15.8 Å². The molecule has 0 saturated carbocycles. The maximum absolute atomic E-state index is 12.7. The topological polar surface area (TPSA) is 63.4 Å². The van der Waals surface area contributed by atoms with Gasteiger partial charge in [-0.2, -0.15) is 4.31 Å². The highest BCUT2D eigenvalue weighted by atomic mass is 35.5. The molecule has 2 aromatic rings. The molecule has 2 heterocycles. The van der Waals surface area contributed by atoms with Crippen LogP contribution in [0.5, 0.6) is 0 Å². The molecule has 1 aliphatic rings. The molecule has 22 heavy (non-hydrogen) atoms. The summed E-state index contributed by atoms with van der Waals surface area (Å²) in [7, 11) is -3.44. The van der Waals surface area contributed by atoms with Gasteiger partial charge in [-0.3, -0.25) is 0 Å². The van der Waals surface area contributed by atoms with Crippen LogP contribution in [0.25, 0.3) is 0 Å². The van der Waals surface area contributed by atoms with Gasteiger partial charge in [-0.1, -0.05) is 28.9 Å². The average molecular weight is 341 g/mol. The van der Waals surface area contributed by atoms with Crippen molar-refractivity contribution >= 4 is 21.6 Å². The minimum Gasteiger partial charge on any atom is -0.364 e. The highest BCUT2D eigenvalue weighted by Crippen LogP contribution is 2.35. The SMILES string of the molecule is Cc1conc1CS(=O)(=O)N1CCCC1c1ccc(Cl)cc1. The van der Waals surface area contributed by atoms with Crippen LogP contribution in [0.3, 0.4) is 0 Å². The summed E-state index contributed by atoms with van der Waals surface area (Å²) in [4.78, 5) is 0. The highest BCUT2D eigenvalue weighted by molar-refractivity contribution is 7.88. The number of hydrogen-bond acceptors (Lipinski definition) is 4. The number of hydrogen-bond donors (Lipinski definition) is 0. The zero-order chi connectivity index (χ0) is 15.7. The maximum atomic E-state index is 12.7. The standard InChI is InChI=1S/C15H17ClN2O3S/c1-11-9-21-17-14(11)10-22(19,20)18-8-2-3-15(18)12-4-6-13(16)7-5-12/h4-7,9,15H,2-3,8,10H2,1H3. The maximum Gasteiger partial charge on any atom is 0.220 e. The van der Waals surface area contributed by atoms with Crippen molar-refractivity contribution in [1.29, 1.82) is 0 Å². The Kier molecular flexibility index (Phi) is 4.25. The minimum atomic E-state index is -3.44. The molecule has 1 saturated heterocycles. The first kappa shape index (κ1) is 15.5. The molecule has 0 spiro atoms. The number of aromatic nitrogens is 1. The largest absolute Gasteiger partial charge is 0.364 e. The third-order valence-corrected chi connectivity index (χ3v) is 6.02. The number of nitrogens with zero attached hydrogens (tertiary/aromatic N) is 2. The first-order chi connectivity index (χ1) is 10.5. The lowest BCUT2D eigenvalue weighted by Gasteiger charge is -2.24. The Morgan fingerprint density at radius 3 is 2.73 bits per heavy atom. The quantitative estimate of drug-likeness (QED) is 0.856. The van der Waals surface area contributed by atoms with Gasteiger partial charge in [-0.25, -0.2) is 8.42 Å². The summed E-state index contributed by atoms with van der Waals surface area (Å²) in [5.41, 5.74) is 2.20. The van der Waals surface area contributed by atoms with Crippen molar-refractivity contribution in [3.63, 3.8) is 0 Å². The Morgan fingerprint density at radius 2 is 2.09 bits per heavy atom. The summed E-state index contributed by atoms with van der Waals surface area (Å²) in [6.45, 7) is 2.33. The molecule has 1 atom stereocenters. The summed E-state index contributed by atoms with van der Waals surface area (Å²) in [6, 6.07) is 7.24. The monoisotopic (exact) mass is 340 g/mol. The van der Waals surface area contributed by atoms with E-state index in [-0.39, 0.29) is 11.8 Å². The summed E-state index contributed by atoms with van der Waals surface area (Å²) < 4.78 is 31.8. The Bertz CT molecular complexity index is 755. The predicted molar refractivity (Wildman–Crippen MR) is 84.0 cm³/mol. The average Bonchev–Trinajstić information content (AvgIpc) is 3.10. The van der Waals surface area contributed by atoms with E-state index in [0.29, 0.717) is 17.3 Å². The number of sulfonamides is 1. The van der Waals surface area contributed by atoms with Gasteiger partial charge in [0, 0.05) is 23.2 Å². The molecule has 1 fully saturated rings. The Labute approximate surface area is 134 Å². The lowest BCUT2D eigenvalue weighted by molar-refractivity contribution is 0.391. The molecule has 1 aromatic carbocycles. The molecule has 0 aliphatic carbocycles. The summed E-state index contributed by atoms with van der Waals surface area (Å²) in [5.74, 6) is -0.126. The van der Waals surface area contributed by atoms with Gasteiger partial charge in [-0.05, 0) is 37.5 Å². The molecule has 0 N–H and O–H groups in total. The molecular weight excluding hydrogens is 324 g/mol. The van der Waals surface area contributed by atoms with E-state index in [2.05, 4.69) is 5.16 Å². The van der Waals surface area contributed by atoms with Gasteiger partial charge in [0.25, 0.3) is 0 Å². The van der Waals surface area contributed by atoms with Crippen LogP contribution >= 0.6 is 11.6 Å². The van der Waals surface area contributed by atoms with Crippen molar-refractivity contribution in [2.45, 2.75) is 31.6 Å². The lowest BCUT2D eigenvalue weighted by Crippen LogP contribution is -2.32. The fourth-order valence-electron chi connectivity index (χ4n) is 2.80. The van der Waals surface area contributed by atoms with E-state index in [9.17, 15) is 8.42 Å². The van der Waals surface area contributed by atoms with Gasteiger partial charge in [0.15, 0.2) is 0 Å². The number of benzene rings is 1. The zero-order valence-electron chi connectivity index (χ0n) is 12.2. The normalized spacial score (nSPS) is 19.6. The van der Waals surface area contributed by atoms with Gasteiger partial charge in [-0.15, -0.1) is 0 Å². The molecule has 5 nitrogen and oxygen atoms in total. The minimum absolute atomic E-state index is 0.126. The van der Waals surface area contributed by atoms with E-state index in [1.54, 1.807) is 23.4 Å². The van der Waals surface area contributed by atoms with Gasteiger partial charge >= 0.3 is 0 Å². The van der Waals surface area contributed by atoms with E-state index in [4.69, 9.17) is 16.1 Å². The van der Waals surface area contributed by atoms with Crippen molar-refractivity contribution in [3.05, 3.63) is 52.4 Å². The smallest absolute Gasteiger partial charge is 0.220 e. The lowest BCUT2D eigenvalue weighted by atomic mass is 10.1. The second-order valence-corrected chi connectivity index (χ2v) is 7.88. The van der Waals surface area contributed by atoms with Crippen LogP contribution in [0, 0.1) is 6.92 Å². The van der Waals surface area contributed by atoms with Crippen LogP contribution in [-0.4, -0.2) is 24.4 Å². The van der Waals surface area contributed by atoms with Gasteiger partial charge in [0.05, 0.1) is 0 Å². The van der Waals surface area contributed by atoms with E-state index in [1.807, 2.05) is 12.1 Å². The first-order valence-corrected chi connectivity index (χ1v) is 9.11. The van der Waals surface area contributed by atoms with E-state index in [1.165, 1.54) is 6.26 Å². The summed E-state index contributed by atoms with van der Waals surface area (Å²) >= 11 is 5.91. The fraction of sp³-hybridized carbons (Fsp3) is 0.400. The summed E-state index contributed by atoms with van der Waals surface area (Å²) in [5, 5.41) is 4.43. The summed E-state index contributed by atoms with van der Waals surface area (Å²) in [6.07, 6.45) is 3.13. The number of halogens is 1. The van der Waals surface area contributed by atoms with Crippen molar-refractivity contribution < 1.29 is 12.9 Å². The molecule has 1 aliphatic heterocycles. The van der Waals surface area contributed by atoms with Crippen LogP contribution in [0.4, 0.5) is 0 Å². The molecule has 0 radical (unpaired) electrons. The molecule has 118 valence electrons. The Hall–Kier alpha value is -1.37. The molecule has 0 amide bonds. The fourth-order valence-corrected chi connectivity index (χ4v) is 4.74. The zero-order valence-corrected chi connectivity index (χ0v) is 13.8. The van der Waals surface area contributed by atoms with Crippen molar-refractivity contribution in [2.24, 2.45) is 0 Å². The second-order valence-electron chi connectivity index (χ2n) is 5.52. The van der Waals surface area contributed by atoms with Gasteiger partial charge < -0.3 is 4.52 Å². The van der Waals surface area contributed by atoms with Crippen molar-refractivity contribution in [2.75, 3.05) is 6.54 Å². The molecule has 3 rings (SSSR count). The molecule has 1 unspecified atom stereocenters. The molecule has 1 aromatic heterocycles. The van der Waals surface area contributed by atoms with Gasteiger partial charge in [0.2, 0.25) is 10.0 Å². The number of aryl methyl sites for hydroxylation is 1. The first-order valence-electron chi connectivity index (χ1n) is 7.12. The van der Waals surface area contributed by atoms with Crippen LogP contribution < -0.4 is 0 Å².